The molecule has 5 heteroatoms. The van der Waals surface area contributed by atoms with Crippen molar-refractivity contribution in [2.75, 3.05) is 20.8 Å². The van der Waals surface area contributed by atoms with Gasteiger partial charge in [-0.05, 0) is 18.2 Å². The van der Waals surface area contributed by atoms with Gasteiger partial charge in [0.25, 0.3) is 0 Å². The highest BCUT2D eigenvalue weighted by Crippen LogP contribution is 2.27. The van der Waals surface area contributed by atoms with Gasteiger partial charge < -0.3 is 14.2 Å². The van der Waals surface area contributed by atoms with Gasteiger partial charge in [-0.2, -0.15) is 0 Å². The fourth-order valence-electron chi connectivity index (χ4n) is 1.22. The van der Waals surface area contributed by atoms with E-state index in [9.17, 15) is 9.59 Å². The molecule has 0 atom stereocenters. The predicted octanol–water partition coefficient (Wildman–Crippen LogP) is 1.45. The molecule has 17 heavy (non-hydrogen) atoms. The Labute approximate surface area is 99.3 Å². The van der Waals surface area contributed by atoms with E-state index in [1.807, 2.05) is 0 Å². The Bertz CT molecular complexity index is 400. The van der Waals surface area contributed by atoms with E-state index in [1.165, 1.54) is 14.2 Å². The summed E-state index contributed by atoms with van der Waals surface area (Å²) in [5.74, 6) is 0.606. The van der Waals surface area contributed by atoms with Gasteiger partial charge in [-0.3, -0.25) is 9.59 Å². The zero-order valence-electron chi connectivity index (χ0n) is 9.76. The summed E-state index contributed by atoms with van der Waals surface area (Å²) < 4.78 is 14.9. The molecule has 0 radical (unpaired) electrons. The lowest BCUT2D eigenvalue weighted by Crippen LogP contribution is -2.08. The van der Waals surface area contributed by atoms with E-state index >= 15 is 0 Å². The Morgan fingerprint density at radius 1 is 1.29 bits per heavy atom. The van der Waals surface area contributed by atoms with Crippen molar-refractivity contribution in [3.8, 4) is 11.5 Å². The summed E-state index contributed by atoms with van der Waals surface area (Å²) in [5, 5.41) is 0. The molecule has 0 unspecified atom stereocenters. The molecule has 0 N–H and O–H groups in total. The second-order valence-electron chi connectivity index (χ2n) is 3.20. The summed E-state index contributed by atoms with van der Waals surface area (Å²) in [6.07, 6.45) is 0.885. The Morgan fingerprint density at radius 2 is 2.06 bits per heavy atom. The van der Waals surface area contributed by atoms with Crippen molar-refractivity contribution in [3.05, 3.63) is 23.8 Å². The van der Waals surface area contributed by atoms with Gasteiger partial charge in [0, 0.05) is 5.56 Å². The number of hydrogen-bond donors (Lipinski definition) is 0. The minimum Gasteiger partial charge on any atom is -0.493 e. The summed E-state index contributed by atoms with van der Waals surface area (Å²) in [4.78, 5) is 21.4. The predicted molar refractivity (Wildman–Crippen MR) is 60.5 cm³/mol. The van der Waals surface area contributed by atoms with Gasteiger partial charge in [0.15, 0.2) is 11.5 Å². The third-order valence-electron chi connectivity index (χ3n) is 2.12. The highest BCUT2D eigenvalue weighted by Gasteiger charge is 2.07. The molecule has 0 heterocycles. The summed E-state index contributed by atoms with van der Waals surface area (Å²) in [7, 11) is 2.80. The number of aldehydes is 1. The Balaban J connectivity index is 2.64. The lowest BCUT2D eigenvalue weighted by atomic mass is 10.2. The molecule has 1 aromatic rings. The lowest BCUT2D eigenvalue weighted by molar-refractivity contribution is -0.141. The second kappa shape index (κ2) is 6.52. The van der Waals surface area contributed by atoms with E-state index in [0.29, 0.717) is 17.1 Å². The first-order valence-corrected chi connectivity index (χ1v) is 5.04. The number of methoxy groups -OCH3 is 2. The van der Waals surface area contributed by atoms with Gasteiger partial charge in [-0.1, -0.05) is 0 Å². The van der Waals surface area contributed by atoms with Crippen molar-refractivity contribution in [2.45, 2.75) is 6.42 Å². The van der Waals surface area contributed by atoms with E-state index in [0.717, 1.165) is 6.29 Å². The van der Waals surface area contributed by atoms with E-state index in [1.54, 1.807) is 18.2 Å². The van der Waals surface area contributed by atoms with Crippen molar-refractivity contribution in [2.24, 2.45) is 0 Å². The summed E-state index contributed by atoms with van der Waals surface area (Å²) in [6.45, 7) is 0.198. The van der Waals surface area contributed by atoms with Crippen LogP contribution in [0.4, 0.5) is 0 Å². The summed E-state index contributed by atoms with van der Waals surface area (Å²) in [5.41, 5.74) is 0.502. The quantitative estimate of drug-likeness (QED) is 0.554. The molecular formula is C12H14O5. The van der Waals surface area contributed by atoms with Crippen LogP contribution >= 0.6 is 0 Å². The first kappa shape index (κ1) is 13.0. The number of benzene rings is 1. The molecule has 0 saturated carbocycles. The van der Waals surface area contributed by atoms with Crippen LogP contribution in [-0.4, -0.2) is 33.1 Å². The molecule has 5 nitrogen and oxygen atoms in total. The van der Waals surface area contributed by atoms with Crippen LogP contribution in [0.2, 0.25) is 0 Å². The highest BCUT2D eigenvalue weighted by atomic mass is 16.5. The maximum atomic E-state index is 10.9. The first-order chi connectivity index (χ1) is 8.21. The van der Waals surface area contributed by atoms with E-state index in [-0.39, 0.29) is 19.0 Å². The fourth-order valence-corrected chi connectivity index (χ4v) is 1.22. The largest absolute Gasteiger partial charge is 0.493 e. The molecule has 92 valence electrons. The van der Waals surface area contributed by atoms with Crippen molar-refractivity contribution in [3.63, 3.8) is 0 Å². The van der Waals surface area contributed by atoms with Gasteiger partial charge in [0.2, 0.25) is 0 Å². The molecule has 1 rings (SSSR count). The van der Waals surface area contributed by atoms with Crippen molar-refractivity contribution in [1.29, 1.82) is 0 Å². The standard InChI is InChI=1S/C12H14O5/c1-15-11-7-9(8-13)3-4-10(11)17-6-5-12(14)16-2/h3-4,7-8H,5-6H2,1-2H3. The molecule has 1 aromatic carbocycles. The minimum atomic E-state index is -0.339. The molecule has 0 bridgehead atoms. The SMILES string of the molecule is COC(=O)CCOc1ccc(C=O)cc1OC. The lowest BCUT2D eigenvalue weighted by Gasteiger charge is -2.10. The number of esters is 1. The van der Waals surface area contributed by atoms with Crippen LogP contribution in [0.15, 0.2) is 18.2 Å². The number of carbonyl (C=O) groups is 2. The van der Waals surface area contributed by atoms with Crippen LogP contribution in [0.25, 0.3) is 0 Å². The molecule has 0 fully saturated rings. The second-order valence-corrected chi connectivity index (χ2v) is 3.20. The Morgan fingerprint density at radius 3 is 2.65 bits per heavy atom. The van der Waals surface area contributed by atoms with Crippen LogP contribution in [0.5, 0.6) is 11.5 Å². The van der Waals surface area contributed by atoms with Gasteiger partial charge in [0.1, 0.15) is 6.29 Å². The van der Waals surface area contributed by atoms with Gasteiger partial charge in [0.05, 0.1) is 27.2 Å². The third kappa shape index (κ3) is 3.79. The number of rotatable bonds is 6. The summed E-state index contributed by atoms with van der Waals surface area (Å²) >= 11 is 0. The highest BCUT2D eigenvalue weighted by molar-refractivity contribution is 5.76. The minimum absolute atomic E-state index is 0.162. The summed E-state index contributed by atoms with van der Waals surface area (Å²) in [6, 6.07) is 4.81. The molecule has 0 aliphatic heterocycles. The zero-order chi connectivity index (χ0) is 12.7. The van der Waals surface area contributed by atoms with Crippen molar-refractivity contribution >= 4 is 12.3 Å². The van der Waals surface area contributed by atoms with E-state index in [2.05, 4.69) is 4.74 Å². The maximum absolute atomic E-state index is 10.9. The number of ether oxygens (including phenoxy) is 3. The maximum Gasteiger partial charge on any atom is 0.308 e. The van der Waals surface area contributed by atoms with Crippen molar-refractivity contribution in [1.82, 2.24) is 0 Å². The van der Waals surface area contributed by atoms with Gasteiger partial charge in [-0.25, -0.2) is 0 Å². The fraction of sp³-hybridized carbons (Fsp3) is 0.333. The molecule has 0 spiro atoms. The average molecular weight is 238 g/mol. The number of carbonyl (C=O) groups excluding carboxylic acids is 2. The van der Waals surface area contributed by atoms with Crippen LogP contribution < -0.4 is 9.47 Å². The molecule has 0 aromatic heterocycles. The smallest absolute Gasteiger partial charge is 0.308 e. The first-order valence-electron chi connectivity index (χ1n) is 5.04. The van der Waals surface area contributed by atoms with Gasteiger partial charge >= 0.3 is 5.97 Å². The van der Waals surface area contributed by atoms with Crippen molar-refractivity contribution < 1.29 is 23.8 Å². The Kier molecular flexibility index (Phi) is 5.00. The van der Waals surface area contributed by atoms with Crippen LogP contribution in [0.3, 0.4) is 0 Å². The average Bonchev–Trinajstić information content (AvgIpc) is 2.38. The third-order valence-corrected chi connectivity index (χ3v) is 2.12. The van der Waals surface area contributed by atoms with Gasteiger partial charge in [-0.15, -0.1) is 0 Å². The normalized spacial score (nSPS) is 9.53. The molecule has 0 saturated heterocycles. The van der Waals surface area contributed by atoms with E-state index in [4.69, 9.17) is 9.47 Å². The molecule has 0 aliphatic rings. The monoisotopic (exact) mass is 238 g/mol. The topological polar surface area (TPSA) is 61.8 Å². The molecule has 0 aliphatic carbocycles. The molecular weight excluding hydrogens is 224 g/mol. The van der Waals surface area contributed by atoms with Crippen LogP contribution in [-0.2, 0) is 9.53 Å². The Hall–Kier alpha value is -2.04. The molecule has 0 amide bonds. The number of hydrogen-bond acceptors (Lipinski definition) is 5. The van der Waals surface area contributed by atoms with E-state index < -0.39 is 0 Å². The zero-order valence-corrected chi connectivity index (χ0v) is 9.76. The van der Waals surface area contributed by atoms with Crippen LogP contribution in [0, 0.1) is 0 Å². The van der Waals surface area contributed by atoms with Crippen LogP contribution in [0.1, 0.15) is 16.8 Å².